The highest BCUT2D eigenvalue weighted by Gasteiger charge is 2.47. The molecule has 0 bridgehead atoms. The standard InChI is InChI=1S/C10H14O3/c1-6-7-4-13-5-8(7)9(3-12-2)10(6)11/h3,6-8H,4-5H2,1-2H3/b9-3+/t6-,7-,8-/m1/s1. The summed E-state index contributed by atoms with van der Waals surface area (Å²) in [6, 6.07) is 0. The number of rotatable bonds is 1. The molecule has 2 rings (SSSR count). The fraction of sp³-hybridized carbons (Fsp3) is 0.700. The number of ether oxygens (including phenoxy) is 2. The lowest BCUT2D eigenvalue weighted by Gasteiger charge is -2.07. The van der Waals surface area contributed by atoms with Gasteiger partial charge >= 0.3 is 0 Å². The Morgan fingerprint density at radius 1 is 1.54 bits per heavy atom. The highest BCUT2D eigenvalue weighted by Crippen LogP contribution is 2.42. The lowest BCUT2D eigenvalue weighted by Crippen LogP contribution is -2.13. The van der Waals surface area contributed by atoms with Gasteiger partial charge in [-0.1, -0.05) is 6.92 Å². The van der Waals surface area contributed by atoms with E-state index in [0.717, 1.165) is 12.2 Å². The van der Waals surface area contributed by atoms with E-state index >= 15 is 0 Å². The van der Waals surface area contributed by atoms with Crippen molar-refractivity contribution < 1.29 is 14.3 Å². The van der Waals surface area contributed by atoms with Crippen LogP contribution in [-0.2, 0) is 14.3 Å². The largest absolute Gasteiger partial charge is 0.504 e. The first-order valence-electron chi connectivity index (χ1n) is 4.60. The molecule has 1 aliphatic carbocycles. The molecule has 0 spiro atoms. The van der Waals surface area contributed by atoms with Crippen molar-refractivity contribution in [3.05, 3.63) is 11.8 Å². The van der Waals surface area contributed by atoms with Gasteiger partial charge in [0, 0.05) is 23.3 Å². The van der Waals surface area contributed by atoms with E-state index in [-0.39, 0.29) is 17.6 Å². The number of ketones is 1. The SMILES string of the molecule is CO/C=C1/C(=O)[C@H](C)[C@H]2COC[C@@H]12. The van der Waals surface area contributed by atoms with Crippen LogP contribution in [0.4, 0.5) is 0 Å². The summed E-state index contributed by atoms with van der Waals surface area (Å²) in [5, 5.41) is 0. The summed E-state index contributed by atoms with van der Waals surface area (Å²) < 4.78 is 10.3. The summed E-state index contributed by atoms with van der Waals surface area (Å²) in [5.74, 6) is 1.00. The minimum Gasteiger partial charge on any atom is -0.504 e. The Morgan fingerprint density at radius 2 is 2.31 bits per heavy atom. The van der Waals surface area contributed by atoms with Crippen molar-refractivity contribution >= 4 is 5.78 Å². The molecule has 2 aliphatic rings. The highest BCUT2D eigenvalue weighted by atomic mass is 16.5. The predicted octanol–water partition coefficient (Wildman–Crippen LogP) is 0.998. The van der Waals surface area contributed by atoms with Gasteiger partial charge in [0.1, 0.15) is 0 Å². The molecule has 3 atom stereocenters. The van der Waals surface area contributed by atoms with Gasteiger partial charge in [-0.25, -0.2) is 0 Å². The molecule has 1 saturated heterocycles. The van der Waals surface area contributed by atoms with Crippen LogP contribution in [0, 0.1) is 17.8 Å². The summed E-state index contributed by atoms with van der Waals surface area (Å²) in [4.78, 5) is 11.7. The molecule has 1 aliphatic heterocycles. The average molecular weight is 182 g/mol. The van der Waals surface area contributed by atoms with Gasteiger partial charge in [-0.15, -0.1) is 0 Å². The van der Waals surface area contributed by atoms with Gasteiger partial charge in [0.2, 0.25) is 0 Å². The van der Waals surface area contributed by atoms with Crippen LogP contribution in [0.2, 0.25) is 0 Å². The number of hydrogen-bond donors (Lipinski definition) is 0. The van der Waals surface area contributed by atoms with Crippen LogP contribution in [0.15, 0.2) is 11.8 Å². The summed E-state index contributed by atoms with van der Waals surface area (Å²) in [6.45, 7) is 3.37. The third-order valence-corrected chi connectivity index (χ3v) is 3.11. The lowest BCUT2D eigenvalue weighted by atomic mass is 9.93. The van der Waals surface area contributed by atoms with Gasteiger partial charge in [-0.2, -0.15) is 0 Å². The van der Waals surface area contributed by atoms with E-state index in [1.165, 1.54) is 0 Å². The summed E-state index contributed by atoms with van der Waals surface area (Å²) in [7, 11) is 1.58. The molecular weight excluding hydrogens is 168 g/mol. The van der Waals surface area contributed by atoms with Crippen molar-refractivity contribution in [2.45, 2.75) is 6.92 Å². The molecule has 13 heavy (non-hydrogen) atoms. The van der Waals surface area contributed by atoms with E-state index in [1.54, 1.807) is 13.4 Å². The molecule has 0 aromatic heterocycles. The highest BCUT2D eigenvalue weighted by molar-refractivity contribution is 6.00. The van der Waals surface area contributed by atoms with Crippen molar-refractivity contribution in [1.82, 2.24) is 0 Å². The molecule has 3 heteroatoms. The molecule has 0 unspecified atom stereocenters. The Hall–Kier alpha value is -0.830. The van der Waals surface area contributed by atoms with Crippen molar-refractivity contribution in [2.75, 3.05) is 20.3 Å². The zero-order valence-electron chi connectivity index (χ0n) is 7.95. The van der Waals surface area contributed by atoms with E-state index in [9.17, 15) is 4.79 Å². The van der Waals surface area contributed by atoms with E-state index in [1.807, 2.05) is 6.92 Å². The molecule has 0 aromatic carbocycles. The molecule has 72 valence electrons. The number of fused-ring (bicyclic) bond motifs is 1. The molecule has 0 radical (unpaired) electrons. The van der Waals surface area contributed by atoms with Crippen molar-refractivity contribution in [3.63, 3.8) is 0 Å². The molecule has 0 aromatic rings. The van der Waals surface area contributed by atoms with Gasteiger partial charge in [0.25, 0.3) is 0 Å². The number of carbonyl (C=O) groups excluding carboxylic acids is 1. The number of methoxy groups -OCH3 is 1. The second-order valence-electron chi connectivity index (χ2n) is 3.77. The molecule has 1 heterocycles. The Bertz CT molecular complexity index is 257. The number of hydrogen-bond acceptors (Lipinski definition) is 3. The maximum absolute atomic E-state index is 11.7. The second-order valence-corrected chi connectivity index (χ2v) is 3.77. The molecule has 0 amide bonds. The summed E-state index contributed by atoms with van der Waals surface area (Å²) in [5.41, 5.74) is 0.817. The van der Waals surface area contributed by atoms with E-state index in [2.05, 4.69) is 0 Å². The summed E-state index contributed by atoms with van der Waals surface area (Å²) in [6.07, 6.45) is 1.58. The molecular formula is C10H14O3. The molecule has 0 N–H and O–H groups in total. The van der Waals surface area contributed by atoms with Gasteiger partial charge < -0.3 is 9.47 Å². The summed E-state index contributed by atoms with van der Waals surface area (Å²) >= 11 is 0. The van der Waals surface area contributed by atoms with Gasteiger partial charge in [0.15, 0.2) is 5.78 Å². The molecule has 2 fully saturated rings. The van der Waals surface area contributed by atoms with Crippen LogP contribution in [0.3, 0.4) is 0 Å². The fourth-order valence-electron chi connectivity index (χ4n) is 2.30. The van der Waals surface area contributed by atoms with Crippen molar-refractivity contribution in [3.8, 4) is 0 Å². The zero-order chi connectivity index (χ0) is 9.42. The third-order valence-electron chi connectivity index (χ3n) is 3.11. The zero-order valence-corrected chi connectivity index (χ0v) is 7.95. The lowest BCUT2D eigenvalue weighted by molar-refractivity contribution is -0.118. The van der Waals surface area contributed by atoms with Gasteiger partial charge in [-0.3, -0.25) is 4.79 Å². The van der Waals surface area contributed by atoms with Crippen molar-refractivity contribution in [1.29, 1.82) is 0 Å². The van der Waals surface area contributed by atoms with Crippen LogP contribution in [0.1, 0.15) is 6.92 Å². The maximum atomic E-state index is 11.7. The van der Waals surface area contributed by atoms with E-state index in [4.69, 9.17) is 9.47 Å². The number of Topliss-reactive ketones (excluding diaryl/α,β-unsaturated/α-hetero) is 1. The smallest absolute Gasteiger partial charge is 0.165 e. The first-order chi connectivity index (χ1) is 6.25. The Morgan fingerprint density at radius 3 is 3.00 bits per heavy atom. The van der Waals surface area contributed by atoms with Crippen LogP contribution in [0.5, 0.6) is 0 Å². The average Bonchev–Trinajstić information content (AvgIpc) is 2.66. The Kier molecular flexibility index (Phi) is 2.12. The normalized spacial score (nSPS) is 41.2. The Labute approximate surface area is 77.7 Å². The quantitative estimate of drug-likeness (QED) is 0.448. The third kappa shape index (κ3) is 1.18. The number of carbonyl (C=O) groups is 1. The van der Waals surface area contributed by atoms with Crippen LogP contribution >= 0.6 is 0 Å². The van der Waals surface area contributed by atoms with Crippen molar-refractivity contribution in [2.24, 2.45) is 17.8 Å². The monoisotopic (exact) mass is 182 g/mol. The first kappa shape index (κ1) is 8.75. The van der Waals surface area contributed by atoms with Gasteiger partial charge in [-0.05, 0) is 0 Å². The maximum Gasteiger partial charge on any atom is 0.165 e. The van der Waals surface area contributed by atoms with Gasteiger partial charge in [0.05, 0.1) is 26.6 Å². The van der Waals surface area contributed by atoms with Crippen LogP contribution < -0.4 is 0 Å². The topological polar surface area (TPSA) is 35.5 Å². The predicted molar refractivity (Wildman–Crippen MR) is 47.1 cm³/mol. The van der Waals surface area contributed by atoms with Crippen LogP contribution in [0.25, 0.3) is 0 Å². The Balaban J connectivity index is 2.28. The minimum atomic E-state index is 0.105. The molecule has 1 saturated carbocycles. The van der Waals surface area contributed by atoms with E-state index in [0.29, 0.717) is 12.5 Å². The first-order valence-corrected chi connectivity index (χ1v) is 4.60. The fourth-order valence-corrected chi connectivity index (χ4v) is 2.30. The molecule has 3 nitrogen and oxygen atoms in total. The minimum absolute atomic E-state index is 0.105. The van der Waals surface area contributed by atoms with Crippen LogP contribution in [-0.4, -0.2) is 26.1 Å². The second kappa shape index (κ2) is 3.14. The van der Waals surface area contributed by atoms with E-state index < -0.39 is 0 Å².